The first-order valence-corrected chi connectivity index (χ1v) is 4.71. The van der Waals surface area contributed by atoms with Gasteiger partial charge < -0.3 is 16.0 Å². The number of nitrogens with zero attached hydrogens (tertiary/aromatic N) is 1. The lowest BCUT2D eigenvalue weighted by Crippen LogP contribution is -2.40. The van der Waals surface area contributed by atoms with E-state index in [1.165, 1.54) is 0 Å². The predicted molar refractivity (Wildman–Crippen MR) is 56.3 cm³/mol. The van der Waals surface area contributed by atoms with Gasteiger partial charge in [0.1, 0.15) is 5.70 Å². The number of nitrogens with two attached hydrogens (primary N) is 1. The lowest BCUT2D eigenvalue weighted by Gasteiger charge is -2.32. The van der Waals surface area contributed by atoms with Crippen molar-refractivity contribution in [1.29, 1.82) is 0 Å². The fourth-order valence-corrected chi connectivity index (χ4v) is 1.44. The third-order valence-electron chi connectivity index (χ3n) is 2.29. The minimum atomic E-state index is -0.370. The molecule has 4 heteroatoms. The third-order valence-corrected chi connectivity index (χ3v) is 2.29. The molecular weight excluding hydrogens is 178 g/mol. The summed E-state index contributed by atoms with van der Waals surface area (Å²) in [5, 5.41) is 3.07. The summed E-state index contributed by atoms with van der Waals surface area (Å²) in [6.07, 6.45) is 3.65. The van der Waals surface area contributed by atoms with Crippen LogP contribution in [0.1, 0.15) is 13.8 Å². The summed E-state index contributed by atoms with van der Waals surface area (Å²) in [5.41, 5.74) is 6.95. The zero-order chi connectivity index (χ0) is 10.7. The maximum absolute atomic E-state index is 11.1. The van der Waals surface area contributed by atoms with E-state index in [1.807, 2.05) is 31.9 Å². The molecule has 1 aliphatic heterocycles. The van der Waals surface area contributed by atoms with Crippen molar-refractivity contribution in [3.8, 4) is 0 Å². The summed E-state index contributed by atoms with van der Waals surface area (Å²) in [4.78, 5) is 13.1. The Balaban J connectivity index is 2.92. The van der Waals surface area contributed by atoms with E-state index in [-0.39, 0.29) is 11.9 Å². The van der Waals surface area contributed by atoms with Crippen LogP contribution in [0.3, 0.4) is 0 Å². The van der Waals surface area contributed by atoms with Crippen LogP contribution in [-0.2, 0) is 4.79 Å². The van der Waals surface area contributed by atoms with Crippen molar-refractivity contribution in [3.05, 3.63) is 23.5 Å². The Bertz CT molecular complexity index is 292. The van der Waals surface area contributed by atoms with Gasteiger partial charge in [0.05, 0.1) is 6.54 Å². The molecule has 78 valence electrons. The third kappa shape index (κ3) is 2.07. The van der Waals surface area contributed by atoms with Gasteiger partial charge in [-0.15, -0.1) is 0 Å². The highest BCUT2D eigenvalue weighted by molar-refractivity contribution is 5.92. The van der Waals surface area contributed by atoms with E-state index in [9.17, 15) is 4.79 Å². The van der Waals surface area contributed by atoms with Crippen molar-refractivity contribution < 1.29 is 4.79 Å². The number of primary amides is 1. The van der Waals surface area contributed by atoms with Gasteiger partial charge in [0.25, 0.3) is 5.91 Å². The Hall–Kier alpha value is -1.45. The molecular formula is C10H17N3O. The number of rotatable bonds is 3. The van der Waals surface area contributed by atoms with E-state index in [4.69, 9.17) is 5.73 Å². The number of carbonyl (C=O) groups is 1. The van der Waals surface area contributed by atoms with Crippen molar-refractivity contribution >= 4 is 5.91 Å². The summed E-state index contributed by atoms with van der Waals surface area (Å²) < 4.78 is 0. The minimum Gasteiger partial charge on any atom is -0.390 e. The number of carbonyl (C=O) groups excluding carboxylic acids is 1. The van der Waals surface area contributed by atoms with Gasteiger partial charge in [0.15, 0.2) is 0 Å². The molecule has 0 atom stereocenters. The molecule has 0 aromatic rings. The number of allylic oxidation sites excluding steroid dienone is 2. The molecule has 4 nitrogen and oxygen atoms in total. The lowest BCUT2D eigenvalue weighted by molar-refractivity contribution is -0.116. The van der Waals surface area contributed by atoms with Gasteiger partial charge in [-0.2, -0.15) is 0 Å². The van der Waals surface area contributed by atoms with E-state index in [1.54, 1.807) is 6.08 Å². The van der Waals surface area contributed by atoms with Crippen molar-refractivity contribution in [3.63, 3.8) is 0 Å². The molecule has 1 rings (SSSR count). The zero-order valence-corrected chi connectivity index (χ0v) is 8.87. The normalized spacial score (nSPS) is 16.4. The van der Waals surface area contributed by atoms with Crippen molar-refractivity contribution in [2.24, 2.45) is 5.73 Å². The molecule has 0 aromatic carbocycles. The molecule has 1 aliphatic rings. The standard InChI is InChI=1S/C10H17N3O/c1-7(2)13-6-8(12-3)4-5-9(13)10(11)14/h4-5,7,12H,6H2,1-3H3,(H2,11,14). The van der Waals surface area contributed by atoms with Crippen LogP contribution in [0, 0.1) is 0 Å². The molecule has 0 saturated heterocycles. The van der Waals surface area contributed by atoms with Crippen LogP contribution in [0.4, 0.5) is 0 Å². The van der Waals surface area contributed by atoms with Crippen molar-refractivity contribution in [2.45, 2.75) is 19.9 Å². The quantitative estimate of drug-likeness (QED) is 0.675. The van der Waals surface area contributed by atoms with Gasteiger partial charge in [0.2, 0.25) is 0 Å². The highest BCUT2D eigenvalue weighted by Gasteiger charge is 2.20. The fourth-order valence-electron chi connectivity index (χ4n) is 1.44. The summed E-state index contributed by atoms with van der Waals surface area (Å²) >= 11 is 0. The lowest BCUT2D eigenvalue weighted by atomic mass is 10.1. The van der Waals surface area contributed by atoms with Crippen LogP contribution < -0.4 is 11.1 Å². The van der Waals surface area contributed by atoms with E-state index in [0.717, 1.165) is 5.70 Å². The highest BCUT2D eigenvalue weighted by Crippen LogP contribution is 2.15. The Morgan fingerprint density at radius 1 is 1.57 bits per heavy atom. The van der Waals surface area contributed by atoms with Crippen LogP contribution in [0.5, 0.6) is 0 Å². The Morgan fingerprint density at radius 2 is 2.21 bits per heavy atom. The number of hydrogen-bond donors (Lipinski definition) is 2. The summed E-state index contributed by atoms with van der Waals surface area (Å²) in [6, 6.07) is 0.269. The summed E-state index contributed by atoms with van der Waals surface area (Å²) in [6.45, 7) is 4.79. The first-order chi connectivity index (χ1) is 6.56. The predicted octanol–water partition coefficient (Wildman–Crippen LogP) is 0.183. The van der Waals surface area contributed by atoms with E-state index >= 15 is 0 Å². The monoisotopic (exact) mass is 195 g/mol. The van der Waals surface area contributed by atoms with Crippen LogP contribution in [0.15, 0.2) is 23.5 Å². The molecule has 0 saturated carbocycles. The molecule has 1 amide bonds. The molecule has 0 spiro atoms. The minimum absolute atomic E-state index is 0.269. The summed E-state index contributed by atoms with van der Waals surface area (Å²) in [5.74, 6) is -0.370. The van der Waals surface area contributed by atoms with E-state index in [0.29, 0.717) is 12.2 Å². The van der Waals surface area contributed by atoms with Gasteiger partial charge >= 0.3 is 0 Å². The number of hydrogen-bond acceptors (Lipinski definition) is 3. The van der Waals surface area contributed by atoms with Gasteiger partial charge in [-0.25, -0.2) is 0 Å². The van der Waals surface area contributed by atoms with Crippen LogP contribution in [-0.4, -0.2) is 30.4 Å². The zero-order valence-electron chi connectivity index (χ0n) is 8.87. The molecule has 14 heavy (non-hydrogen) atoms. The molecule has 0 fully saturated rings. The van der Waals surface area contributed by atoms with Gasteiger partial charge in [-0.05, 0) is 26.0 Å². The maximum Gasteiger partial charge on any atom is 0.265 e. The highest BCUT2D eigenvalue weighted by atomic mass is 16.1. The van der Waals surface area contributed by atoms with Crippen molar-refractivity contribution in [1.82, 2.24) is 10.2 Å². The van der Waals surface area contributed by atoms with Gasteiger partial charge in [0, 0.05) is 18.8 Å². The molecule has 3 N–H and O–H groups in total. The maximum atomic E-state index is 11.1. The Morgan fingerprint density at radius 3 is 2.64 bits per heavy atom. The molecule has 0 aliphatic carbocycles. The summed E-state index contributed by atoms with van der Waals surface area (Å²) in [7, 11) is 1.87. The largest absolute Gasteiger partial charge is 0.390 e. The molecule has 1 heterocycles. The average Bonchev–Trinajstić information content (AvgIpc) is 2.16. The number of nitrogens with one attached hydrogen (secondary N) is 1. The second kappa shape index (κ2) is 4.17. The molecule has 0 bridgehead atoms. The Labute approximate surface area is 84.4 Å². The number of likely N-dealkylation sites (N-methyl/N-ethyl adjacent to an activating group) is 1. The number of amides is 1. The Kier molecular flexibility index (Phi) is 3.17. The average molecular weight is 195 g/mol. The topological polar surface area (TPSA) is 58.4 Å². The first-order valence-electron chi connectivity index (χ1n) is 4.71. The first kappa shape index (κ1) is 10.6. The van der Waals surface area contributed by atoms with Gasteiger partial charge in [-0.1, -0.05) is 0 Å². The van der Waals surface area contributed by atoms with Crippen LogP contribution in [0.2, 0.25) is 0 Å². The molecule has 0 radical (unpaired) electrons. The second-order valence-corrected chi connectivity index (χ2v) is 3.58. The second-order valence-electron chi connectivity index (χ2n) is 3.58. The smallest absolute Gasteiger partial charge is 0.265 e. The van der Waals surface area contributed by atoms with Gasteiger partial charge in [-0.3, -0.25) is 4.79 Å². The molecule has 0 aromatic heterocycles. The van der Waals surface area contributed by atoms with E-state index < -0.39 is 0 Å². The van der Waals surface area contributed by atoms with E-state index in [2.05, 4.69) is 5.32 Å². The van der Waals surface area contributed by atoms with Crippen molar-refractivity contribution in [2.75, 3.05) is 13.6 Å². The SMILES string of the molecule is CNC1=CC=C(C(N)=O)N(C(C)C)C1. The molecule has 0 unspecified atom stereocenters. The van der Waals surface area contributed by atoms with Crippen LogP contribution in [0.25, 0.3) is 0 Å². The fraction of sp³-hybridized carbons (Fsp3) is 0.500. The van der Waals surface area contributed by atoms with Crippen LogP contribution >= 0.6 is 0 Å².